The molecule has 0 unspecified atom stereocenters. The topological polar surface area (TPSA) is 51.5 Å². The Kier molecular flexibility index (Phi) is 10.7. The summed E-state index contributed by atoms with van der Waals surface area (Å²) in [5.41, 5.74) is 6.80. The Morgan fingerprint density at radius 2 is 0.889 bits per heavy atom. The lowest BCUT2D eigenvalue weighted by molar-refractivity contribution is -0.137. The van der Waals surface area contributed by atoms with Crippen molar-refractivity contribution >= 4 is 21.5 Å². The molecule has 1 aliphatic rings. The fourth-order valence-corrected chi connectivity index (χ4v) is 7.19. The number of halogens is 3. The molecule has 9 rings (SSSR count). The lowest BCUT2D eigenvalue weighted by Crippen LogP contribution is -2.05. The molecule has 0 N–H and O–H groups in total. The van der Waals surface area contributed by atoms with Crippen molar-refractivity contribution in [1.29, 1.82) is 5.26 Å². The van der Waals surface area contributed by atoms with Crippen LogP contribution in [0.5, 0.6) is 17.2 Å². The molecule has 0 aliphatic carbocycles. The van der Waals surface area contributed by atoms with E-state index in [0.29, 0.717) is 44.9 Å². The van der Waals surface area contributed by atoms with Gasteiger partial charge in [0, 0.05) is 44.5 Å². The fourth-order valence-electron chi connectivity index (χ4n) is 7.19. The van der Waals surface area contributed by atoms with Gasteiger partial charge in [0.25, 0.3) is 0 Å². The van der Waals surface area contributed by atoms with Gasteiger partial charge >= 0.3 is 6.18 Å². The van der Waals surface area contributed by atoms with Gasteiger partial charge in [0.15, 0.2) is 0 Å². The number of nitrogens with zero attached hydrogens (tertiary/aromatic N) is 1. The molecule has 0 spiro atoms. The van der Waals surface area contributed by atoms with E-state index in [4.69, 9.17) is 14.2 Å². The summed E-state index contributed by atoms with van der Waals surface area (Å²) in [6, 6.07) is 47.0. The summed E-state index contributed by atoms with van der Waals surface area (Å²) >= 11 is 0. The maximum absolute atomic E-state index is 13.2. The van der Waals surface area contributed by atoms with Gasteiger partial charge in [0.05, 0.1) is 35.4 Å². The molecule has 63 heavy (non-hydrogen) atoms. The van der Waals surface area contributed by atoms with Crippen LogP contribution in [0.15, 0.2) is 152 Å². The highest BCUT2D eigenvalue weighted by molar-refractivity contribution is 6.12. The van der Waals surface area contributed by atoms with Crippen LogP contribution in [0.3, 0.4) is 0 Å². The first-order chi connectivity index (χ1) is 30.7. The highest BCUT2D eigenvalue weighted by Crippen LogP contribution is 2.50. The zero-order valence-corrected chi connectivity index (χ0v) is 33.4. The van der Waals surface area contributed by atoms with Crippen molar-refractivity contribution < 1.29 is 27.4 Å². The molecule has 0 bridgehead atoms. The number of ether oxygens (including phenoxy) is 3. The van der Waals surface area contributed by atoms with Gasteiger partial charge in [-0.2, -0.15) is 18.4 Å². The second kappa shape index (κ2) is 17.1. The molecule has 0 atom stereocenters. The third-order valence-electron chi connectivity index (χ3n) is 10.3. The van der Waals surface area contributed by atoms with E-state index in [1.165, 1.54) is 12.1 Å². The molecule has 0 saturated heterocycles. The zero-order valence-electron chi connectivity index (χ0n) is 33.4. The summed E-state index contributed by atoms with van der Waals surface area (Å²) in [4.78, 5) is 0. The Bertz CT molecular complexity index is 3390. The number of fused-ring (bicyclic) bond motifs is 7. The highest BCUT2D eigenvalue weighted by atomic mass is 19.4. The number of alkyl halides is 3. The van der Waals surface area contributed by atoms with E-state index in [9.17, 15) is 18.4 Å². The molecule has 1 heterocycles. The first-order valence-corrected chi connectivity index (χ1v) is 19.6. The van der Waals surface area contributed by atoms with Crippen LogP contribution in [0.25, 0.3) is 32.7 Å². The molecule has 7 heteroatoms. The Morgan fingerprint density at radius 1 is 0.476 bits per heavy atom. The first kappa shape index (κ1) is 39.6. The predicted octanol–water partition coefficient (Wildman–Crippen LogP) is 11.9. The normalized spacial score (nSPS) is 11.2. The minimum Gasteiger partial charge on any atom is -0.497 e. The molecular formula is C56H30F3NO3. The average Bonchev–Trinajstić information content (AvgIpc) is 3.52. The van der Waals surface area contributed by atoms with Crippen molar-refractivity contribution in [2.45, 2.75) is 6.18 Å². The lowest BCUT2D eigenvalue weighted by Gasteiger charge is -2.17. The van der Waals surface area contributed by atoms with Gasteiger partial charge in [0.1, 0.15) is 17.2 Å². The van der Waals surface area contributed by atoms with E-state index in [-0.39, 0.29) is 6.79 Å². The number of nitriles is 1. The molecule has 8 aromatic carbocycles. The van der Waals surface area contributed by atoms with Crippen LogP contribution in [0.4, 0.5) is 13.2 Å². The molecular weight excluding hydrogens is 792 g/mol. The third-order valence-corrected chi connectivity index (χ3v) is 10.3. The van der Waals surface area contributed by atoms with Crippen LogP contribution in [0, 0.1) is 58.7 Å². The van der Waals surface area contributed by atoms with Crippen molar-refractivity contribution in [3.05, 3.63) is 207 Å². The smallest absolute Gasteiger partial charge is 0.416 e. The summed E-state index contributed by atoms with van der Waals surface area (Å²) < 4.78 is 58.1. The van der Waals surface area contributed by atoms with Gasteiger partial charge in [-0.3, -0.25) is 0 Å². The zero-order chi connectivity index (χ0) is 43.3. The minimum absolute atomic E-state index is 0.128. The van der Waals surface area contributed by atoms with Crippen LogP contribution >= 0.6 is 0 Å². The summed E-state index contributed by atoms with van der Waals surface area (Å²) in [6.45, 7) is -0.128. The summed E-state index contributed by atoms with van der Waals surface area (Å²) in [5.74, 6) is 27.8. The van der Waals surface area contributed by atoms with E-state index in [1.54, 1.807) is 31.4 Å². The van der Waals surface area contributed by atoms with Crippen molar-refractivity contribution in [3.63, 3.8) is 0 Å². The van der Waals surface area contributed by atoms with E-state index in [2.05, 4.69) is 53.4 Å². The SMILES string of the molecule is COc1ccc(C#Cc2cc3cc(C#Cc4ccccc4)ccc3c3c2OCOc2c(C#Cc4ccc(C#N)cc4)cc4cc(C#Cc5ccc(C(F)(F)F)cc5)ccc4c2-3)cc1. The maximum Gasteiger partial charge on any atom is 0.416 e. The molecule has 0 radical (unpaired) electrons. The van der Waals surface area contributed by atoms with Crippen LogP contribution in [-0.2, 0) is 6.18 Å². The number of benzene rings is 8. The lowest BCUT2D eigenvalue weighted by atomic mass is 9.88. The Balaban J connectivity index is 1.27. The second-order valence-electron chi connectivity index (χ2n) is 14.4. The van der Waals surface area contributed by atoms with E-state index in [1.807, 2.05) is 103 Å². The molecule has 0 amide bonds. The van der Waals surface area contributed by atoms with Gasteiger partial charge in [0.2, 0.25) is 6.79 Å². The van der Waals surface area contributed by atoms with E-state index < -0.39 is 11.7 Å². The van der Waals surface area contributed by atoms with Gasteiger partial charge in [-0.25, -0.2) is 0 Å². The van der Waals surface area contributed by atoms with E-state index >= 15 is 0 Å². The third kappa shape index (κ3) is 8.62. The van der Waals surface area contributed by atoms with E-state index in [0.717, 1.165) is 67.2 Å². The Hall–Kier alpha value is -8.80. The van der Waals surface area contributed by atoms with Crippen molar-refractivity contribution in [2.75, 3.05) is 13.9 Å². The molecule has 8 aromatic rings. The van der Waals surface area contributed by atoms with Crippen LogP contribution in [-0.4, -0.2) is 13.9 Å². The quantitative estimate of drug-likeness (QED) is 0.155. The number of methoxy groups -OCH3 is 1. The van der Waals surface area contributed by atoms with Crippen LogP contribution in [0.1, 0.15) is 55.6 Å². The summed E-state index contributed by atoms with van der Waals surface area (Å²) in [6.07, 6.45) is -4.44. The average molecular weight is 822 g/mol. The number of hydrogen-bond acceptors (Lipinski definition) is 4. The largest absolute Gasteiger partial charge is 0.497 e. The highest BCUT2D eigenvalue weighted by Gasteiger charge is 2.30. The monoisotopic (exact) mass is 821 g/mol. The van der Waals surface area contributed by atoms with Crippen molar-refractivity contribution in [1.82, 2.24) is 0 Å². The number of rotatable bonds is 1. The molecule has 0 saturated carbocycles. The maximum atomic E-state index is 13.2. The molecule has 1 aliphatic heterocycles. The standard InChI is InChI=1S/C56H30F3NO3/c1-61-49-27-19-40(20-28-49)16-24-45-34-46-31-41(11-7-37-5-3-2-4-6-37)21-29-50(46)53-52-51-30-22-42(12-8-39-17-25-48(26-18-39)56(57,58)59)32-47(51)33-44(54(52)62-36-63-55(45)53)23-15-38-9-13-43(35-60)14-10-38/h2-6,9-10,13-14,17-22,25-34H,36H2,1H3. The van der Waals surface area contributed by atoms with Gasteiger partial charge < -0.3 is 14.2 Å². The van der Waals surface area contributed by atoms with Gasteiger partial charge in [-0.15, -0.1) is 0 Å². The second-order valence-corrected chi connectivity index (χ2v) is 14.4. The number of hydrogen-bond donors (Lipinski definition) is 0. The van der Waals surface area contributed by atoms with Gasteiger partial charge in [-0.1, -0.05) is 77.7 Å². The summed E-state index contributed by atoms with van der Waals surface area (Å²) in [7, 11) is 1.62. The first-order valence-electron chi connectivity index (χ1n) is 19.6. The van der Waals surface area contributed by atoms with Crippen LogP contribution in [0.2, 0.25) is 0 Å². The Labute approximate surface area is 362 Å². The Morgan fingerprint density at radius 3 is 1.37 bits per heavy atom. The minimum atomic E-state index is -4.44. The summed E-state index contributed by atoms with van der Waals surface area (Å²) in [5, 5.41) is 12.7. The fraction of sp³-hybridized carbons (Fsp3) is 0.0536. The predicted molar refractivity (Wildman–Crippen MR) is 239 cm³/mol. The molecule has 298 valence electrons. The van der Waals surface area contributed by atoms with Gasteiger partial charge in [-0.05, 0) is 143 Å². The molecule has 4 nitrogen and oxygen atoms in total. The van der Waals surface area contributed by atoms with Crippen molar-refractivity contribution in [2.24, 2.45) is 0 Å². The van der Waals surface area contributed by atoms with Crippen molar-refractivity contribution in [3.8, 4) is 81.8 Å². The molecule has 0 fully saturated rings. The molecule has 0 aromatic heterocycles. The van der Waals surface area contributed by atoms with Crippen LogP contribution < -0.4 is 14.2 Å².